The molecular weight excluding hydrogens is 186 g/mol. The van der Waals surface area contributed by atoms with Crippen LogP contribution in [-0.2, 0) is 6.42 Å². The highest BCUT2D eigenvalue weighted by Crippen LogP contribution is 2.24. The second-order valence-corrected chi connectivity index (χ2v) is 4.28. The molecule has 1 unspecified atom stereocenters. The minimum Gasteiger partial charge on any atom is -0.351 e. The molecular formula is C13H17NO. The lowest BCUT2D eigenvalue weighted by Crippen LogP contribution is -2.34. The molecule has 0 aliphatic carbocycles. The van der Waals surface area contributed by atoms with Crippen molar-refractivity contribution in [2.75, 3.05) is 6.54 Å². The number of nitrogens with one attached hydrogen (secondary N) is 1. The van der Waals surface area contributed by atoms with Crippen molar-refractivity contribution >= 4 is 5.91 Å². The molecule has 1 aliphatic rings. The van der Waals surface area contributed by atoms with Crippen molar-refractivity contribution < 1.29 is 4.79 Å². The summed E-state index contributed by atoms with van der Waals surface area (Å²) in [5.41, 5.74) is 3.33. The molecule has 0 radical (unpaired) electrons. The number of carbonyl (C=O) groups is 1. The van der Waals surface area contributed by atoms with E-state index in [0.717, 1.165) is 24.9 Å². The van der Waals surface area contributed by atoms with Gasteiger partial charge in [-0.15, -0.1) is 0 Å². The standard InChI is InChI=1S/C13H17NO/c1-3-4-10-5-6-11-9(2)8-14-13(15)12(11)7-10/h5-7,9H,3-4,8H2,1-2H3,(H,14,15). The Hall–Kier alpha value is -1.31. The molecule has 15 heavy (non-hydrogen) atoms. The first-order valence-corrected chi connectivity index (χ1v) is 5.63. The van der Waals surface area contributed by atoms with Gasteiger partial charge in [-0.2, -0.15) is 0 Å². The summed E-state index contributed by atoms with van der Waals surface area (Å²) >= 11 is 0. The Morgan fingerprint density at radius 2 is 2.27 bits per heavy atom. The maximum atomic E-state index is 11.7. The number of fused-ring (bicyclic) bond motifs is 1. The van der Waals surface area contributed by atoms with Gasteiger partial charge in [0.25, 0.3) is 5.91 Å². The lowest BCUT2D eigenvalue weighted by atomic mass is 9.90. The van der Waals surface area contributed by atoms with Crippen LogP contribution < -0.4 is 5.32 Å². The van der Waals surface area contributed by atoms with E-state index in [-0.39, 0.29) is 5.91 Å². The monoisotopic (exact) mass is 203 g/mol. The van der Waals surface area contributed by atoms with Crippen molar-refractivity contribution in [3.63, 3.8) is 0 Å². The number of aryl methyl sites for hydroxylation is 1. The Labute approximate surface area is 90.7 Å². The summed E-state index contributed by atoms with van der Waals surface area (Å²) in [4.78, 5) is 11.7. The van der Waals surface area contributed by atoms with Gasteiger partial charge in [-0.25, -0.2) is 0 Å². The van der Waals surface area contributed by atoms with Crippen molar-refractivity contribution in [1.29, 1.82) is 0 Å². The molecule has 0 spiro atoms. The molecule has 1 aromatic carbocycles. The fraction of sp³-hybridized carbons (Fsp3) is 0.462. The first-order chi connectivity index (χ1) is 7.22. The molecule has 1 atom stereocenters. The van der Waals surface area contributed by atoms with Crippen LogP contribution in [0.4, 0.5) is 0 Å². The van der Waals surface area contributed by atoms with E-state index in [4.69, 9.17) is 0 Å². The zero-order valence-corrected chi connectivity index (χ0v) is 9.34. The molecule has 1 amide bonds. The lowest BCUT2D eigenvalue weighted by molar-refractivity contribution is 0.0941. The Morgan fingerprint density at radius 1 is 1.47 bits per heavy atom. The van der Waals surface area contributed by atoms with Gasteiger partial charge in [-0.3, -0.25) is 4.79 Å². The van der Waals surface area contributed by atoms with Crippen LogP contribution >= 0.6 is 0 Å². The minimum absolute atomic E-state index is 0.0843. The summed E-state index contributed by atoms with van der Waals surface area (Å²) < 4.78 is 0. The molecule has 2 rings (SSSR count). The van der Waals surface area contributed by atoms with Gasteiger partial charge in [0.2, 0.25) is 0 Å². The molecule has 1 aromatic rings. The van der Waals surface area contributed by atoms with Crippen LogP contribution in [0.25, 0.3) is 0 Å². The molecule has 2 nitrogen and oxygen atoms in total. The van der Waals surface area contributed by atoms with Gasteiger partial charge in [0.15, 0.2) is 0 Å². The Balaban J connectivity index is 2.40. The van der Waals surface area contributed by atoms with E-state index in [1.165, 1.54) is 11.1 Å². The Bertz CT molecular complexity index is 384. The van der Waals surface area contributed by atoms with Gasteiger partial charge in [-0.1, -0.05) is 32.4 Å². The van der Waals surface area contributed by atoms with E-state index >= 15 is 0 Å². The molecule has 1 aliphatic heterocycles. The van der Waals surface area contributed by atoms with Crippen LogP contribution in [0, 0.1) is 0 Å². The first-order valence-electron chi connectivity index (χ1n) is 5.63. The highest BCUT2D eigenvalue weighted by atomic mass is 16.1. The van der Waals surface area contributed by atoms with Crippen molar-refractivity contribution in [3.05, 3.63) is 34.9 Å². The SMILES string of the molecule is CCCc1ccc2c(c1)C(=O)NCC2C. The molecule has 2 heteroatoms. The Kier molecular flexibility index (Phi) is 2.76. The largest absolute Gasteiger partial charge is 0.351 e. The van der Waals surface area contributed by atoms with E-state index in [0.29, 0.717) is 5.92 Å². The van der Waals surface area contributed by atoms with Crippen LogP contribution in [0.1, 0.15) is 47.7 Å². The van der Waals surface area contributed by atoms with Gasteiger partial charge in [-0.05, 0) is 29.5 Å². The predicted molar refractivity (Wildman–Crippen MR) is 61.2 cm³/mol. The third-order valence-corrected chi connectivity index (χ3v) is 3.00. The fourth-order valence-corrected chi connectivity index (χ4v) is 2.12. The maximum Gasteiger partial charge on any atom is 0.251 e. The normalized spacial score (nSPS) is 19.6. The quantitative estimate of drug-likeness (QED) is 0.786. The van der Waals surface area contributed by atoms with E-state index in [1.807, 2.05) is 6.07 Å². The van der Waals surface area contributed by atoms with Gasteiger partial charge in [0, 0.05) is 12.1 Å². The third kappa shape index (κ3) is 1.89. The predicted octanol–water partition coefficient (Wildman–Crippen LogP) is 2.49. The third-order valence-electron chi connectivity index (χ3n) is 3.00. The minimum atomic E-state index is 0.0843. The molecule has 1 N–H and O–H groups in total. The summed E-state index contributed by atoms with van der Waals surface area (Å²) in [7, 11) is 0. The summed E-state index contributed by atoms with van der Waals surface area (Å²) in [6, 6.07) is 6.31. The molecule has 0 aromatic heterocycles. The highest BCUT2D eigenvalue weighted by molar-refractivity contribution is 5.97. The summed E-state index contributed by atoms with van der Waals surface area (Å²) in [5, 5.41) is 2.92. The highest BCUT2D eigenvalue weighted by Gasteiger charge is 2.21. The summed E-state index contributed by atoms with van der Waals surface area (Å²) in [6.45, 7) is 5.07. The van der Waals surface area contributed by atoms with Gasteiger partial charge in [0.05, 0.1) is 0 Å². The summed E-state index contributed by atoms with van der Waals surface area (Å²) in [6.07, 6.45) is 2.17. The molecule has 1 heterocycles. The topological polar surface area (TPSA) is 29.1 Å². The van der Waals surface area contributed by atoms with Gasteiger partial charge in [0.1, 0.15) is 0 Å². The molecule has 0 saturated heterocycles. The number of hydrogen-bond acceptors (Lipinski definition) is 1. The average Bonchev–Trinajstić information content (AvgIpc) is 2.24. The van der Waals surface area contributed by atoms with E-state index in [2.05, 4.69) is 31.3 Å². The van der Waals surface area contributed by atoms with Crippen molar-refractivity contribution in [3.8, 4) is 0 Å². The van der Waals surface area contributed by atoms with E-state index in [1.54, 1.807) is 0 Å². The van der Waals surface area contributed by atoms with Crippen LogP contribution in [-0.4, -0.2) is 12.5 Å². The first kappa shape index (κ1) is 10.2. The molecule has 0 fully saturated rings. The zero-order valence-electron chi connectivity index (χ0n) is 9.34. The second kappa shape index (κ2) is 4.05. The Morgan fingerprint density at radius 3 is 3.00 bits per heavy atom. The van der Waals surface area contributed by atoms with Crippen molar-refractivity contribution in [2.24, 2.45) is 0 Å². The number of benzene rings is 1. The van der Waals surface area contributed by atoms with Crippen LogP contribution in [0.5, 0.6) is 0 Å². The van der Waals surface area contributed by atoms with E-state index < -0.39 is 0 Å². The van der Waals surface area contributed by atoms with Crippen molar-refractivity contribution in [2.45, 2.75) is 32.6 Å². The van der Waals surface area contributed by atoms with Gasteiger partial charge < -0.3 is 5.32 Å². The van der Waals surface area contributed by atoms with Gasteiger partial charge >= 0.3 is 0 Å². The van der Waals surface area contributed by atoms with E-state index in [9.17, 15) is 4.79 Å². The van der Waals surface area contributed by atoms with Crippen LogP contribution in [0.2, 0.25) is 0 Å². The number of amides is 1. The molecule has 80 valence electrons. The van der Waals surface area contributed by atoms with Crippen LogP contribution in [0.15, 0.2) is 18.2 Å². The van der Waals surface area contributed by atoms with Crippen molar-refractivity contribution in [1.82, 2.24) is 5.32 Å². The number of hydrogen-bond donors (Lipinski definition) is 1. The summed E-state index contributed by atoms with van der Waals surface area (Å²) in [5.74, 6) is 0.523. The number of carbonyl (C=O) groups excluding carboxylic acids is 1. The average molecular weight is 203 g/mol. The second-order valence-electron chi connectivity index (χ2n) is 4.28. The lowest BCUT2D eigenvalue weighted by Gasteiger charge is -2.23. The number of rotatable bonds is 2. The molecule has 0 bridgehead atoms. The maximum absolute atomic E-state index is 11.7. The fourth-order valence-electron chi connectivity index (χ4n) is 2.12. The molecule has 0 saturated carbocycles. The smallest absolute Gasteiger partial charge is 0.251 e. The zero-order chi connectivity index (χ0) is 10.8. The van der Waals surface area contributed by atoms with Crippen LogP contribution in [0.3, 0.4) is 0 Å².